The lowest BCUT2D eigenvalue weighted by Gasteiger charge is -2.49. The summed E-state index contributed by atoms with van der Waals surface area (Å²) in [6.07, 6.45) is 0. The van der Waals surface area contributed by atoms with Crippen LogP contribution in [0.3, 0.4) is 0 Å². The Kier molecular flexibility index (Phi) is 6.66. The van der Waals surface area contributed by atoms with Crippen molar-refractivity contribution in [3.63, 3.8) is 0 Å². The minimum absolute atomic E-state index is 0.0813. The number of hydrogen-bond acceptors (Lipinski definition) is 15. The minimum Gasteiger partial charge on any atom is -0.497 e. The van der Waals surface area contributed by atoms with Crippen molar-refractivity contribution in [2.75, 3.05) is 23.5 Å². The number of aromatic nitrogens is 2. The highest BCUT2D eigenvalue weighted by atomic mass is 16.7. The van der Waals surface area contributed by atoms with Crippen molar-refractivity contribution >= 4 is 29.1 Å². The van der Waals surface area contributed by atoms with E-state index in [1.807, 2.05) is 0 Å². The third kappa shape index (κ3) is 4.01. The molecule has 0 saturated carbocycles. The largest absolute Gasteiger partial charge is 0.497 e. The molecular weight excluding hydrogens is 594 g/mol. The van der Waals surface area contributed by atoms with Crippen LogP contribution in [0.4, 0.5) is 11.4 Å². The summed E-state index contributed by atoms with van der Waals surface area (Å²) in [4.78, 5) is 39.1. The zero-order chi connectivity index (χ0) is 32.8. The molecule has 234 valence electrons. The van der Waals surface area contributed by atoms with E-state index in [0.29, 0.717) is 10.6 Å². The number of aliphatic hydroxyl groups is 10. The highest BCUT2D eigenvalue weighted by molar-refractivity contribution is 6.11. The molecule has 0 unspecified atom stereocenters. The highest BCUT2D eigenvalue weighted by Gasteiger charge is 2.71. The smallest absolute Gasteiger partial charge is 0.315 e. The van der Waals surface area contributed by atoms with Crippen LogP contribution in [0.2, 0.25) is 0 Å². The molecule has 5 rings (SSSR count). The zero-order valence-corrected chi connectivity index (χ0v) is 22.3. The average Bonchev–Trinajstić information content (AvgIpc) is 3.37. The summed E-state index contributed by atoms with van der Waals surface area (Å²) in [5, 5.41) is 107. The molecule has 0 radical (unpaired) electrons. The van der Waals surface area contributed by atoms with Gasteiger partial charge < -0.3 is 66.4 Å². The summed E-state index contributed by atoms with van der Waals surface area (Å²) in [5.41, 5.74) is 1.95. The number of primary amides is 1. The number of piperidine rings is 1. The summed E-state index contributed by atoms with van der Waals surface area (Å²) < 4.78 is 5.89. The molecule has 1 aromatic heterocycles. The van der Waals surface area contributed by atoms with Crippen molar-refractivity contribution in [2.45, 2.75) is 29.1 Å². The molecule has 1 fully saturated rings. The monoisotopic (exact) mass is 619 g/mol. The first-order valence-corrected chi connectivity index (χ1v) is 12.3. The number of nitrogens with zero attached hydrogens (tertiary/aromatic N) is 4. The van der Waals surface area contributed by atoms with Crippen molar-refractivity contribution in [1.82, 2.24) is 9.78 Å². The number of nitrogens with two attached hydrogens (primary N) is 1. The zero-order valence-electron chi connectivity index (χ0n) is 22.3. The predicted molar refractivity (Wildman–Crippen MR) is 139 cm³/mol. The van der Waals surface area contributed by atoms with Crippen molar-refractivity contribution in [2.24, 2.45) is 5.73 Å². The van der Waals surface area contributed by atoms with E-state index in [2.05, 4.69) is 5.10 Å². The van der Waals surface area contributed by atoms with Gasteiger partial charge in [0.2, 0.25) is 5.79 Å². The Labute approximate surface area is 244 Å². The average molecular weight is 619 g/mol. The van der Waals surface area contributed by atoms with Gasteiger partial charge in [-0.25, -0.2) is 9.58 Å². The Morgan fingerprint density at radius 2 is 1.34 bits per heavy atom. The normalized spacial score (nSPS) is 21.2. The third-order valence-corrected chi connectivity index (χ3v) is 7.36. The van der Waals surface area contributed by atoms with Crippen LogP contribution < -0.4 is 20.3 Å². The summed E-state index contributed by atoms with van der Waals surface area (Å²) in [5.74, 6) is -23.7. The number of anilines is 2. The van der Waals surface area contributed by atoms with Gasteiger partial charge in [-0.05, 0) is 48.5 Å². The van der Waals surface area contributed by atoms with Crippen molar-refractivity contribution in [1.29, 1.82) is 0 Å². The van der Waals surface area contributed by atoms with E-state index >= 15 is 0 Å². The molecular formula is C25H25N5O14. The number of hydrogen-bond donors (Lipinski definition) is 11. The quantitative estimate of drug-likeness (QED) is 0.119. The van der Waals surface area contributed by atoms with Crippen LogP contribution in [0.1, 0.15) is 26.5 Å². The SMILES string of the molecule is COc1ccc(-n2nc(C(N)=O)c3c2C(=O)N(c2ccc(N4CC(O)(O)C(O)(O)C(O)(O)C4=O)cc2)C(O)(O)C3(O)O)cc1. The second kappa shape index (κ2) is 9.48. The van der Waals surface area contributed by atoms with Crippen molar-refractivity contribution in [3.05, 3.63) is 65.5 Å². The van der Waals surface area contributed by atoms with E-state index in [4.69, 9.17) is 10.5 Å². The molecule has 0 atom stereocenters. The Morgan fingerprint density at radius 3 is 1.86 bits per heavy atom. The number of β-amino-alcohol motifs (C(OH)–C–C–N with tert-alkyl or cyclic N) is 2. The number of rotatable bonds is 5. The van der Waals surface area contributed by atoms with Crippen LogP contribution in [0.5, 0.6) is 5.75 Å². The summed E-state index contributed by atoms with van der Waals surface area (Å²) in [6.45, 7) is -1.30. The topological polar surface area (TPSA) is 313 Å². The number of fused-ring (bicyclic) bond motifs is 1. The van der Waals surface area contributed by atoms with Gasteiger partial charge in [-0.2, -0.15) is 5.10 Å². The molecule has 3 aromatic rings. The van der Waals surface area contributed by atoms with Gasteiger partial charge >= 0.3 is 11.7 Å². The maximum absolute atomic E-state index is 13.8. The van der Waals surface area contributed by atoms with E-state index in [0.717, 1.165) is 28.9 Å². The van der Waals surface area contributed by atoms with Crippen molar-refractivity contribution < 1.29 is 70.2 Å². The van der Waals surface area contributed by atoms with Gasteiger partial charge in [0.25, 0.3) is 29.3 Å². The standard InChI is InChI=1S/C25H25N5O14/c1-44-14-8-6-13(7-9-14)30-17-15(16(27-30)18(26)31)22(36,37)25(42,43)29(19(17)32)12-4-2-11(3-5-12)28-10-21(34,35)24(40,41)23(38,39)20(28)33/h2-9,34-43H,10H2,1H3,(H2,26,31). The highest BCUT2D eigenvalue weighted by Crippen LogP contribution is 2.45. The van der Waals surface area contributed by atoms with E-state index in [-0.39, 0.29) is 16.3 Å². The summed E-state index contributed by atoms with van der Waals surface area (Å²) in [6, 6.07) is 9.31. The Balaban J connectivity index is 1.62. The molecule has 2 aliphatic heterocycles. The van der Waals surface area contributed by atoms with E-state index in [9.17, 15) is 65.4 Å². The predicted octanol–water partition coefficient (Wildman–Crippen LogP) is -5.19. The molecule has 19 nitrogen and oxygen atoms in total. The molecule has 12 N–H and O–H groups in total. The molecule has 1 saturated heterocycles. The minimum atomic E-state index is -4.11. The lowest BCUT2D eigenvalue weighted by molar-refractivity contribution is -0.440. The van der Waals surface area contributed by atoms with Gasteiger partial charge in [0.05, 0.1) is 24.9 Å². The van der Waals surface area contributed by atoms with Crippen LogP contribution >= 0.6 is 0 Å². The number of carbonyl (C=O) groups excluding carboxylic acids is 3. The van der Waals surface area contributed by atoms with Gasteiger partial charge in [-0.3, -0.25) is 14.4 Å². The number of methoxy groups -OCH3 is 1. The van der Waals surface area contributed by atoms with E-state index in [1.165, 1.54) is 31.4 Å². The maximum atomic E-state index is 13.8. The molecule has 2 aliphatic rings. The maximum Gasteiger partial charge on any atom is 0.315 e. The first-order chi connectivity index (χ1) is 20.2. The van der Waals surface area contributed by atoms with Gasteiger partial charge in [-0.15, -0.1) is 0 Å². The number of benzene rings is 2. The van der Waals surface area contributed by atoms with Crippen LogP contribution in [-0.4, -0.2) is 115 Å². The molecule has 0 bridgehead atoms. The molecule has 3 amide bonds. The lowest BCUT2D eigenvalue weighted by Crippen LogP contribution is -2.80. The van der Waals surface area contributed by atoms with Crippen LogP contribution in [-0.2, 0) is 10.6 Å². The first-order valence-electron chi connectivity index (χ1n) is 12.3. The van der Waals surface area contributed by atoms with Crippen LogP contribution in [0.15, 0.2) is 48.5 Å². The van der Waals surface area contributed by atoms with Crippen LogP contribution in [0.25, 0.3) is 5.69 Å². The fourth-order valence-corrected chi connectivity index (χ4v) is 4.91. The van der Waals surface area contributed by atoms with E-state index < -0.39 is 76.0 Å². The Hall–Kier alpha value is -4.54. The molecule has 2 aromatic carbocycles. The molecule has 0 spiro atoms. The van der Waals surface area contributed by atoms with Crippen molar-refractivity contribution in [3.8, 4) is 11.4 Å². The van der Waals surface area contributed by atoms with E-state index in [1.54, 1.807) is 0 Å². The van der Waals surface area contributed by atoms with Gasteiger partial charge in [0.15, 0.2) is 5.69 Å². The molecule has 44 heavy (non-hydrogen) atoms. The molecule has 0 aliphatic carbocycles. The fourth-order valence-electron chi connectivity index (χ4n) is 4.91. The Bertz CT molecular complexity index is 1680. The van der Waals surface area contributed by atoms with Gasteiger partial charge in [0, 0.05) is 11.4 Å². The lowest BCUT2D eigenvalue weighted by atomic mass is 9.89. The van der Waals surface area contributed by atoms with Crippen LogP contribution in [0, 0.1) is 0 Å². The number of ether oxygens (including phenoxy) is 1. The summed E-state index contributed by atoms with van der Waals surface area (Å²) >= 11 is 0. The van der Waals surface area contributed by atoms with Gasteiger partial charge in [-0.1, -0.05) is 0 Å². The number of carbonyl (C=O) groups is 3. The second-order valence-electron chi connectivity index (χ2n) is 10.1. The first kappa shape index (κ1) is 30.9. The molecule has 3 heterocycles. The second-order valence-corrected chi connectivity index (χ2v) is 10.1. The van der Waals surface area contributed by atoms with Gasteiger partial charge in [0.1, 0.15) is 11.4 Å². The number of amides is 3. The Morgan fingerprint density at radius 1 is 0.818 bits per heavy atom. The summed E-state index contributed by atoms with van der Waals surface area (Å²) in [7, 11) is 1.39. The fraction of sp³-hybridized carbons (Fsp3) is 0.280. The third-order valence-electron chi connectivity index (χ3n) is 7.36. The molecule has 19 heteroatoms.